The molecule has 9 heteroatoms. The van der Waals surface area contributed by atoms with E-state index in [0.717, 1.165) is 12.1 Å². The molecule has 0 atom stereocenters. The number of hydrogen-bond acceptors (Lipinski definition) is 4. The van der Waals surface area contributed by atoms with E-state index < -0.39 is 29.3 Å². The van der Waals surface area contributed by atoms with Crippen LogP contribution in [-0.4, -0.2) is 20.7 Å². The number of hydrogen-bond donors (Lipinski definition) is 3. The smallest absolute Gasteiger partial charge is 0.416 e. The molecular formula is C21H19F3N2O4. The first-order valence-corrected chi connectivity index (χ1v) is 8.95. The quantitative estimate of drug-likeness (QED) is 0.506. The van der Waals surface area contributed by atoms with Gasteiger partial charge in [-0.1, -0.05) is 0 Å². The van der Waals surface area contributed by atoms with Crippen LogP contribution in [0.15, 0.2) is 54.7 Å². The summed E-state index contributed by atoms with van der Waals surface area (Å²) in [7, 11) is 0. The Kier molecular flexibility index (Phi) is 5.64. The molecule has 3 N–H and O–H groups in total. The first-order chi connectivity index (χ1) is 14.1. The number of carbonyl (C=O) groups is 1. The molecule has 1 heterocycles. The lowest BCUT2D eigenvalue weighted by atomic mass is 10.2. The van der Waals surface area contributed by atoms with E-state index in [2.05, 4.69) is 5.32 Å². The lowest BCUT2D eigenvalue weighted by Gasteiger charge is -2.10. The van der Waals surface area contributed by atoms with E-state index in [9.17, 15) is 28.2 Å². The average Bonchev–Trinajstić information content (AvgIpc) is 2.98. The molecule has 6 nitrogen and oxygen atoms in total. The SMILES string of the molecule is CC(C)n1cc(C(=O)Nc2ccc(Oc3ccc(C(F)(F)F)cc3)cc2)c(O)c1O. The molecule has 2 aromatic carbocycles. The Morgan fingerprint density at radius 3 is 2.00 bits per heavy atom. The highest BCUT2D eigenvalue weighted by molar-refractivity contribution is 6.06. The van der Waals surface area contributed by atoms with Crippen molar-refractivity contribution in [2.45, 2.75) is 26.1 Å². The Labute approximate surface area is 170 Å². The summed E-state index contributed by atoms with van der Waals surface area (Å²) in [4.78, 5) is 12.4. The van der Waals surface area contributed by atoms with E-state index in [4.69, 9.17) is 4.74 Å². The van der Waals surface area contributed by atoms with Crippen molar-refractivity contribution < 1.29 is 32.9 Å². The Morgan fingerprint density at radius 2 is 1.53 bits per heavy atom. The third-order valence-corrected chi connectivity index (χ3v) is 4.31. The first-order valence-electron chi connectivity index (χ1n) is 8.95. The highest BCUT2D eigenvalue weighted by Crippen LogP contribution is 2.34. The maximum absolute atomic E-state index is 12.6. The molecule has 1 amide bonds. The van der Waals surface area contributed by atoms with Gasteiger partial charge in [0.15, 0.2) is 5.75 Å². The number of halogens is 3. The van der Waals surface area contributed by atoms with Gasteiger partial charge in [0.2, 0.25) is 5.88 Å². The van der Waals surface area contributed by atoms with Gasteiger partial charge in [-0.15, -0.1) is 0 Å². The molecular weight excluding hydrogens is 401 g/mol. The summed E-state index contributed by atoms with van der Waals surface area (Å²) in [6.07, 6.45) is -3.06. The van der Waals surface area contributed by atoms with Crippen LogP contribution >= 0.6 is 0 Å². The normalized spacial score (nSPS) is 11.5. The van der Waals surface area contributed by atoms with Crippen LogP contribution in [0.5, 0.6) is 23.1 Å². The van der Waals surface area contributed by atoms with Crippen LogP contribution in [0.4, 0.5) is 18.9 Å². The fourth-order valence-electron chi connectivity index (χ4n) is 2.72. The van der Waals surface area contributed by atoms with Crippen LogP contribution in [-0.2, 0) is 6.18 Å². The second-order valence-electron chi connectivity index (χ2n) is 6.82. The van der Waals surface area contributed by atoms with Crippen molar-refractivity contribution in [3.63, 3.8) is 0 Å². The molecule has 0 spiro atoms. The summed E-state index contributed by atoms with van der Waals surface area (Å²) in [5.74, 6) is -0.924. The summed E-state index contributed by atoms with van der Waals surface area (Å²) >= 11 is 0. The summed E-state index contributed by atoms with van der Waals surface area (Å²) < 4.78 is 44.7. The van der Waals surface area contributed by atoms with Crippen LogP contribution in [0.3, 0.4) is 0 Å². The summed E-state index contributed by atoms with van der Waals surface area (Å²) in [5, 5.41) is 22.5. The number of nitrogens with zero attached hydrogens (tertiary/aromatic N) is 1. The van der Waals surface area contributed by atoms with E-state index in [1.807, 2.05) is 0 Å². The fourth-order valence-corrected chi connectivity index (χ4v) is 2.72. The third kappa shape index (κ3) is 4.51. The predicted octanol–water partition coefficient (Wildman–Crippen LogP) is 5.54. The second-order valence-corrected chi connectivity index (χ2v) is 6.82. The Morgan fingerprint density at radius 1 is 1.00 bits per heavy atom. The van der Waals surface area contributed by atoms with E-state index in [0.29, 0.717) is 11.4 Å². The highest BCUT2D eigenvalue weighted by atomic mass is 19.4. The lowest BCUT2D eigenvalue weighted by Crippen LogP contribution is -2.11. The number of aromatic hydroxyl groups is 2. The zero-order valence-electron chi connectivity index (χ0n) is 16.1. The van der Waals surface area contributed by atoms with E-state index >= 15 is 0 Å². The van der Waals surface area contributed by atoms with Crippen LogP contribution < -0.4 is 10.1 Å². The minimum Gasteiger partial charge on any atom is -0.503 e. The van der Waals surface area contributed by atoms with Gasteiger partial charge in [0.05, 0.1) is 5.56 Å². The molecule has 0 aliphatic carbocycles. The molecule has 0 bridgehead atoms. The second kappa shape index (κ2) is 8.02. The minimum atomic E-state index is -4.42. The van der Waals surface area contributed by atoms with Crippen molar-refractivity contribution in [1.29, 1.82) is 0 Å². The number of benzene rings is 2. The van der Waals surface area contributed by atoms with E-state index in [-0.39, 0.29) is 17.4 Å². The Balaban J connectivity index is 1.67. The molecule has 0 radical (unpaired) electrons. The van der Waals surface area contributed by atoms with Gasteiger partial charge in [-0.2, -0.15) is 13.2 Å². The number of anilines is 1. The van der Waals surface area contributed by atoms with Crippen molar-refractivity contribution in [3.05, 3.63) is 65.9 Å². The zero-order chi connectivity index (χ0) is 22.1. The van der Waals surface area contributed by atoms with Crippen molar-refractivity contribution in [3.8, 4) is 23.1 Å². The van der Waals surface area contributed by atoms with Crippen molar-refractivity contribution in [1.82, 2.24) is 4.57 Å². The van der Waals surface area contributed by atoms with Crippen LogP contribution in [0.1, 0.15) is 35.8 Å². The summed E-state index contributed by atoms with van der Waals surface area (Å²) in [6, 6.07) is 10.3. The topological polar surface area (TPSA) is 83.7 Å². The molecule has 0 fully saturated rings. The van der Waals surface area contributed by atoms with E-state index in [1.54, 1.807) is 13.8 Å². The van der Waals surface area contributed by atoms with Gasteiger partial charge in [-0.05, 0) is 62.4 Å². The van der Waals surface area contributed by atoms with Crippen molar-refractivity contribution >= 4 is 11.6 Å². The highest BCUT2D eigenvalue weighted by Gasteiger charge is 2.30. The number of ether oxygens (including phenoxy) is 1. The van der Waals surface area contributed by atoms with Crippen LogP contribution in [0.25, 0.3) is 0 Å². The van der Waals surface area contributed by atoms with Gasteiger partial charge in [0.1, 0.15) is 17.1 Å². The first kappa shape index (κ1) is 21.1. The molecule has 3 aromatic rings. The molecule has 0 saturated heterocycles. The number of aromatic nitrogens is 1. The minimum absolute atomic E-state index is 0.0775. The number of amides is 1. The Bertz CT molecular complexity index is 1040. The van der Waals surface area contributed by atoms with Gasteiger partial charge in [-0.3, -0.25) is 4.79 Å². The van der Waals surface area contributed by atoms with Gasteiger partial charge >= 0.3 is 6.18 Å². The van der Waals surface area contributed by atoms with Crippen LogP contribution in [0.2, 0.25) is 0 Å². The van der Waals surface area contributed by atoms with E-state index in [1.165, 1.54) is 47.2 Å². The maximum atomic E-state index is 12.6. The summed E-state index contributed by atoms with van der Waals surface area (Å²) in [5.41, 5.74) is -0.448. The fraction of sp³-hybridized carbons (Fsp3) is 0.190. The molecule has 0 unspecified atom stereocenters. The molecule has 0 aliphatic rings. The molecule has 0 aliphatic heterocycles. The zero-order valence-corrected chi connectivity index (χ0v) is 16.1. The van der Waals surface area contributed by atoms with Crippen LogP contribution in [0, 0.1) is 0 Å². The van der Waals surface area contributed by atoms with Gasteiger partial charge in [0.25, 0.3) is 5.91 Å². The molecule has 158 valence electrons. The summed E-state index contributed by atoms with van der Waals surface area (Å²) in [6.45, 7) is 3.58. The van der Waals surface area contributed by atoms with Gasteiger partial charge in [0, 0.05) is 17.9 Å². The maximum Gasteiger partial charge on any atom is 0.416 e. The molecule has 30 heavy (non-hydrogen) atoms. The molecule has 1 aromatic heterocycles. The predicted molar refractivity (Wildman–Crippen MR) is 104 cm³/mol. The Hall–Kier alpha value is -3.62. The number of nitrogens with one attached hydrogen (secondary N) is 1. The third-order valence-electron chi connectivity index (χ3n) is 4.31. The standard InChI is InChI=1S/C21H19F3N2O4/c1-12(2)26-11-17(18(27)20(26)29)19(28)25-14-5-9-16(10-6-14)30-15-7-3-13(4-8-15)21(22,23)24/h3-12,27,29H,1-2H3,(H,25,28). The van der Waals surface area contributed by atoms with Gasteiger partial charge < -0.3 is 24.8 Å². The molecule has 0 saturated carbocycles. The number of alkyl halides is 3. The average molecular weight is 420 g/mol. The molecule has 3 rings (SSSR count). The number of carbonyl (C=O) groups excluding carboxylic acids is 1. The van der Waals surface area contributed by atoms with Gasteiger partial charge in [-0.25, -0.2) is 0 Å². The largest absolute Gasteiger partial charge is 0.503 e. The van der Waals surface area contributed by atoms with Crippen molar-refractivity contribution in [2.75, 3.05) is 5.32 Å². The monoisotopic (exact) mass is 420 g/mol. The lowest BCUT2D eigenvalue weighted by molar-refractivity contribution is -0.137. The number of rotatable bonds is 5. The van der Waals surface area contributed by atoms with Crippen molar-refractivity contribution in [2.24, 2.45) is 0 Å².